The van der Waals surface area contributed by atoms with Crippen molar-refractivity contribution < 1.29 is 13.6 Å². The van der Waals surface area contributed by atoms with Gasteiger partial charge in [-0.2, -0.15) is 0 Å². The summed E-state index contributed by atoms with van der Waals surface area (Å²) in [6.45, 7) is 0. The number of Topliss-reactive ketones (excluding diaryl/α,β-unsaturated/α-hetero) is 1. The molecule has 0 bridgehead atoms. The van der Waals surface area contributed by atoms with E-state index in [1.165, 1.54) is 6.07 Å². The van der Waals surface area contributed by atoms with Gasteiger partial charge < -0.3 is 5.73 Å². The number of benzene rings is 2. The highest BCUT2D eigenvalue weighted by molar-refractivity contribution is 5.97. The second-order valence-electron chi connectivity index (χ2n) is 3.96. The number of anilines is 1. The Morgan fingerprint density at radius 2 is 1.72 bits per heavy atom. The van der Waals surface area contributed by atoms with Crippen LogP contribution < -0.4 is 5.73 Å². The zero-order valence-corrected chi connectivity index (χ0v) is 9.49. The zero-order valence-electron chi connectivity index (χ0n) is 9.49. The van der Waals surface area contributed by atoms with Crippen molar-refractivity contribution in [3.63, 3.8) is 0 Å². The van der Waals surface area contributed by atoms with Crippen molar-refractivity contribution >= 4 is 11.5 Å². The molecule has 0 fully saturated rings. The van der Waals surface area contributed by atoms with E-state index in [1.807, 2.05) is 0 Å². The summed E-state index contributed by atoms with van der Waals surface area (Å²) in [4.78, 5) is 11.9. The first-order valence-electron chi connectivity index (χ1n) is 5.39. The van der Waals surface area contributed by atoms with Gasteiger partial charge in [-0.1, -0.05) is 6.07 Å². The lowest BCUT2D eigenvalue weighted by atomic mass is 10.0. The van der Waals surface area contributed by atoms with Crippen molar-refractivity contribution in [3.05, 3.63) is 65.2 Å². The molecule has 0 aliphatic carbocycles. The van der Waals surface area contributed by atoms with Crippen LogP contribution in [0.2, 0.25) is 0 Å². The van der Waals surface area contributed by atoms with Crippen LogP contribution >= 0.6 is 0 Å². The molecule has 2 nitrogen and oxygen atoms in total. The third-order valence-electron chi connectivity index (χ3n) is 2.60. The van der Waals surface area contributed by atoms with Crippen molar-refractivity contribution in [3.8, 4) is 0 Å². The fraction of sp³-hybridized carbons (Fsp3) is 0.0714. The van der Waals surface area contributed by atoms with E-state index in [4.69, 9.17) is 5.73 Å². The Balaban J connectivity index is 2.18. The van der Waals surface area contributed by atoms with E-state index >= 15 is 0 Å². The van der Waals surface area contributed by atoms with Gasteiger partial charge in [0, 0.05) is 23.7 Å². The van der Waals surface area contributed by atoms with Crippen LogP contribution in [0.4, 0.5) is 14.5 Å². The summed E-state index contributed by atoms with van der Waals surface area (Å²) >= 11 is 0. The Morgan fingerprint density at radius 3 is 2.33 bits per heavy atom. The average molecular weight is 247 g/mol. The van der Waals surface area contributed by atoms with E-state index in [0.29, 0.717) is 11.3 Å². The molecule has 0 unspecified atom stereocenters. The number of rotatable bonds is 3. The Kier molecular flexibility index (Phi) is 3.37. The van der Waals surface area contributed by atoms with Crippen LogP contribution in [0.25, 0.3) is 0 Å². The second kappa shape index (κ2) is 4.96. The molecule has 0 saturated heterocycles. The van der Waals surface area contributed by atoms with Gasteiger partial charge in [-0.05, 0) is 35.9 Å². The molecule has 0 spiro atoms. The van der Waals surface area contributed by atoms with Crippen LogP contribution in [0.1, 0.15) is 15.9 Å². The summed E-state index contributed by atoms with van der Waals surface area (Å²) in [7, 11) is 0. The van der Waals surface area contributed by atoms with Gasteiger partial charge in [-0.25, -0.2) is 8.78 Å². The Labute approximate surface area is 103 Å². The molecule has 2 aromatic rings. The Hall–Kier alpha value is -2.23. The Morgan fingerprint density at radius 1 is 1.06 bits per heavy atom. The van der Waals surface area contributed by atoms with Crippen LogP contribution in [0.3, 0.4) is 0 Å². The number of halogens is 2. The molecule has 4 heteroatoms. The van der Waals surface area contributed by atoms with Crippen LogP contribution in [0, 0.1) is 11.6 Å². The largest absolute Gasteiger partial charge is 0.399 e. The van der Waals surface area contributed by atoms with Gasteiger partial charge in [0.1, 0.15) is 11.6 Å². The first-order chi connectivity index (χ1) is 8.56. The number of ketones is 1. The molecule has 0 radical (unpaired) electrons. The minimum Gasteiger partial charge on any atom is -0.399 e. The highest BCUT2D eigenvalue weighted by Gasteiger charge is 2.11. The molecule has 2 rings (SSSR count). The summed E-state index contributed by atoms with van der Waals surface area (Å²) in [5.74, 6) is -1.60. The highest BCUT2D eigenvalue weighted by atomic mass is 19.1. The van der Waals surface area contributed by atoms with E-state index < -0.39 is 11.6 Å². The SMILES string of the molecule is Nc1ccc(C(=O)Cc2ccc(F)cc2F)cc1. The third kappa shape index (κ3) is 2.71. The van der Waals surface area contributed by atoms with Gasteiger partial charge in [0.2, 0.25) is 0 Å². The summed E-state index contributed by atoms with van der Waals surface area (Å²) in [6.07, 6.45) is -0.101. The summed E-state index contributed by atoms with van der Waals surface area (Å²) in [5, 5.41) is 0. The monoisotopic (exact) mass is 247 g/mol. The first kappa shape index (κ1) is 12.2. The van der Waals surface area contributed by atoms with Crippen molar-refractivity contribution in [2.75, 3.05) is 5.73 Å². The summed E-state index contributed by atoms with van der Waals surface area (Å²) < 4.78 is 26.1. The number of carbonyl (C=O) groups excluding carboxylic acids is 1. The molecule has 0 amide bonds. The lowest BCUT2D eigenvalue weighted by Gasteiger charge is -2.03. The topological polar surface area (TPSA) is 43.1 Å². The molecular weight excluding hydrogens is 236 g/mol. The van der Waals surface area contributed by atoms with Gasteiger partial charge >= 0.3 is 0 Å². The van der Waals surface area contributed by atoms with Crippen LogP contribution in [-0.2, 0) is 6.42 Å². The van der Waals surface area contributed by atoms with E-state index in [0.717, 1.165) is 12.1 Å². The minimum atomic E-state index is -0.709. The maximum atomic E-state index is 13.4. The van der Waals surface area contributed by atoms with Crippen molar-refractivity contribution in [2.45, 2.75) is 6.42 Å². The number of nitrogens with two attached hydrogens (primary N) is 1. The molecule has 18 heavy (non-hydrogen) atoms. The lowest BCUT2D eigenvalue weighted by Crippen LogP contribution is -2.05. The zero-order chi connectivity index (χ0) is 13.1. The highest BCUT2D eigenvalue weighted by Crippen LogP contribution is 2.14. The van der Waals surface area contributed by atoms with Gasteiger partial charge in [0.15, 0.2) is 5.78 Å². The maximum absolute atomic E-state index is 13.4. The van der Waals surface area contributed by atoms with Crippen LogP contribution in [0.15, 0.2) is 42.5 Å². The van der Waals surface area contributed by atoms with Gasteiger partial charge in [-0.3, -0.25) is 4.79 Å². The lowest BCUT2D eigenvalue weighted by molar-refractivity contribution is 0.0992. The fourth-order valence-electron chi connectivity index (χ4n) is 1.61. The van der Waals surface area contributed by atoms with Crippen LogP contribution in [-0.4, -0.2) is 5.78 Å². The smallest absolute Gasteiger partial charge is 0.167 e. The Bertz CT molecular complexity index is 579. The number of hydrogen-bond acceptors (Lipinski definition) is 2. The molecule has 0 heterocycles. The maximum Gasteiger partial charge on any atom is 0.167 e. The number of carbonyl (C=O) groups is 1. The molecule has 92 valence electrons. The summed E-state index contributed by atoms with van der Waals surface area (Å²) in [5.41, 5.74) is 6.69. The number of hydrogen-bond donors (Lipinski definition) is 1. The van der Waals surface area contributed by atoms with Crippen molar-refractivity contribution in [1.29, 1.82) is 0 Å². The van der Waals surface area contributed by atoms with E-state index in [-0.39, 0.29) is 17.8 Å². The molecule has 0 saturated carbocycles. The number of nitrogen functional groups attached to an aromatic ring is 1. The first-order valence-corrected chi connectivity index (χ1v) is 5.39. The molecule has 0 aliphatic rings. The van der Waals surface area contributed by atoms with E-state index in [9.17, 15) is 13.6 Å². The van der Waals surface area contributed by atoms with Crippen molar-refractivity contribution in [1.82, 2.24) is 0 Å². The van der Waals surface area contributed by atoms with Crippen LogP contribution in [0.5, 0.6) is 0 Å². The molecule has 2 N–H and O–H groups in total. The second-order valence-corrected chi connectivity index (χ2v) is 3.96. The quantitative estimate of drug-likeness (QED) is 0.669. The van der Waals surface area contributed by atoms with Gasteiger partial charge in [-0.15, -0.1) is 0 Å². The minimum absolute atomic E-state index is 0.101. The van der Waals surface area contributed by atoms with E-state index in [2.05, 4.69) is 0 Å². The molecule has 2 aromatic carbocycles. The molecule has 0 aliphatic heterocycles. The predicted molar refractivity (Wildman–Crippen MR) is 65.2 cm³/mol. The summed E-state index contributed by atoms with van der Waals surface area (Å²) in [6, 6.07) is 9.56. The molecule has 0 atom stereocenters. The predicted octanol–water partition coefficient (Wildman–Crippen LogP) is 2.97. The normalized spacial score (nSPS) is 10.3. The van der Waals surface area contributed by atoms with Gasteiger partial charge in [0.25, 0.3) is 0 Å². The van der Waals surface area contributed by atoms with Crippen molar-refractivity contribution in [2.24, 2.45) is 0 Å². The molecular formula is C14H11F2NO. The molecule has 0 aromatic heterocycles. The standard InChI is InChI=1S/C14H11F2NO/c15-11-4-1-10(13(16)8-11)7-14(18)9-2-5-12(17)6-3-9/h1-6,8H,7,17H2. The van der Waals surface area contributed by atoms with Gasteiger partial charge in [0.05, 0.1) is 0 Å². The third-order valence-corrected chi connectivity index (χ3v) is 2.60. The van der Waals surface area contributed by atoms with E-state index in [1.54, 1.807) is 24.3 Å². The fourth-order valence-corrected chi connectivity index (χ4v) is 1.61. The average Bonchev–Trinajstić information content (AvgIpc) is 2.33.